The van der Waals surface area contributed by atoms with E-state index in [1.54, 1.807) is 0 Å². The SMILES string of the molecule is CCC(CN)c1nc(Cc2ccc(C)cc2)no1. The smallest absolute Gasteiger partial charge is 0.231 e. The zero-order valence-corrected chi connectivity index (χ0v) is 10.9. The molecule has 1 aromatic heterocycles. The Bertz CT molecular complexity index is 486. The Labute approximate surface area is 107 Å². The Morgan fingerprint density at radius 2 is 2.00 bits per heavy atom. The first-order valence-corrected chi connectivity index (χ1v) is 6.31. The van der Waals surface area contributed by atoms with Crippen LogP contribution in [0.15, 0.2) is 28.8 Å². The number of aryl methyl sites for hydroxylation is 1. The lowest BCUT2D eigenvalue weighted by atomic mass is 10.1. The maximum atomic E-state index is 5.67. The lowest BCUT2D eigenvalue weighted by Gasteiger charge is -2.04. The van der Waals surface area contributed by atoms with Crippen molar-refractivity contribution in [1.82, 2.24) is 10.1 Å². The van der Waals surface area contributed by atoms with Crippen LogP contribution in [0.5, 0.6) is 0 Å². The van der Waals surface area contributed by atoms with Crippen molar-refractivity contribution in [3.8, 4) is 0 Å². The maximum Gasteiger partial charge on any atom is 0.231 e. The van der Waals surface area contributed by atoms with Gasteiger partial charge in [0.2, 0.25) is 5.89 Å². The zero-order valence-electron chi connectivity index (χ0n) is 10.9. The lowest BCUT2D eigenvalue weighted by Crippen LogP contribution is -2.11. The third-order valence-corrected chi connectivity index (χ3v) is 3.09. The lowest BCUT2D eigenvalue weighted by molar-refractivity contribution is 0.348. The van der Waals surface area contributed by atoms with E-state index in [4.69, 9.17) is 10.3 Å². The Kier molecular flexibility index (Phi) is 4.10. The van der Waals surface area contributed by atoms with Gasteiger partial charge in [-0.2, -0.15) is 4.98 Å². The normalized spacial score (nSPS) is 12.6. The molecule has 18 heavy (non-hydrogen) atoms. The highest BCUT2D eigenvalue weighted by atomic mass is 16.5. The van der Waals surface area contributed by atoms with Crippen molar-refractivity contribution < 1.29 is 4.52 Å². The van der Waals surface area contributed by atoms with Crippen LogP contribution in [0.2, 0.25) is 0 Å². The molecule has 0 aliphatic carbocycles. The molecule has 1 heterocycles. The van der Waals surface area contributed by atoms with E-state index in [0.29, 0.717) is 18.9 Å². The second kappa shape index (κ2) is 5.78. The van der Waals surface area contributed by atoms with Crippen molar-refractivity contribution in [2.75, 3.05) is 6.54 Å². The van der Waals surface area contributed by atoms with E-state index in [9.17, 15) is 0 Å². The molecule has 96 valence electrons. The third kappa shape index (κ3) is 2.96. The summed E-state index contributed by atoms with van der Waals surface area (Å²) in [6.07, 6.45) is 1.62. The fraction of sp³-hybridized carbons (Fsp3) is 0.429. The van der Waals surface area contributed by atoms with Crippen LogP contribution in [0, 0.1) is 6.92 Å². The first kappa shape index (κ1) is 12.8. The molecule has 0 bridgehead atoms. The summed E-state index contributed by atoms with van der Waals surface area (Å²) in [5, 5.41) is 4.01. The predicted molar refractivity (Wildman–Crippen MR) is 70.4 cm³/mol. The van der Waals surface area contributed by atoms with Crippen molar-refractivity contribution in [2.24, 2.45) is 5.73 Å². The van der Waals surface area contributed by atoms with Crippen LogP contribution in [-0.4, -0.2) is 16.7 Å². The topological polar surface area (TPSA) is 64.9 Å². The third-order valence-electron chi connectivity index (χ3n) is 3.09. The van der Waals surface area contributed by atoms with Crippen LogP contribution in [0.4, 0.5) is 0 Å². The fourth-order valence-electron chi connectivity index (χ4n) is 1.84. The molecule has 2 rings (SSSR count). The van der Waals surface area contributed by atoms with Gasteiger partial charge in [-0.05, 0) is 18.9 Å². The van der Waals surface area contributed by atoms with E-state index in [-0.39, 0.29) is 5.92 Å². The van der Waals surface area contributed by atoms with E-state index in [2.05, 4.69) is 48.3 Å². The average Bonchev–Trinajstić information content (AvgIpc) is 2.82. The summed E-state index contributed by atoms with van der Waals surface area (Å²) in [5.41, 5.74) is 8.11. The predicted octanol–water partition coefficient (Wildman–Crippen LogP) is 2.42. The Morgan fingerprint density at radius 1 is 1.28 bits per heavy atom. The summed E-state index contributed by atoms with van der Waals surface area (Å²) in [6, 6.07) is 8.35. The second-order valence-electron chi connectivity index (χ2n) is 4.55. The summed E-state index contributed by atoms with van der Waals surface area (Å²) in [5.74, 6) is 1.55. The van der Waals surface area contributed by atoms with Crippen LogP contribution in [0.3, 0.4) is 0 Å². The molecule has 0 amide bonds. The molecule has 1 aromatic carbocycles. The maximum absolute atomic E-state index is 5.67. The first-order chi connectivity index (χ1) is 8.72. The molecule has 2 N–H and O–H groups in total. The van der Waals surface area contributed by atoms with Crippen LogP contribution in [0.25, 0.3) is 0 Å². The van der Waals surface area contributed by atoms with Gasteiger partial charge in [0.05, 0.1) is 5.92 Å². The van der Waals surface area contributed by atoms with E-state index in [0.717, 1.165) is 12.2 Å². The van der Waals surface area contributed by atoms with Crippen molar-refractivity contribution in [3.05, 3.63) is 47.1 Å². The number of nitrogens with two attached hydrogens (primary N) is 1. The van der Waals surface area contributed by atoms with E-state index in [1.807, 2.05) is 0 Å². The standard InChI is InChI=1S/C14H19N3O/c1-3-12(9-15)14-16-13(17-18-14)8-11-6-4-10(2)5-7-11/h4-7,12H,3,8-9,15H2,1-2H3. The molecule has 0 saturated carbocycles. The molecular weight excluding hydrogens is 226 g/mol. The minimum absolute atomic E-state index is 0.171. The second-order valence-corrected chi connectivity index (χ2v) is 4.55. The summed E-state index contributed by atoms with van der Waals surface area (Å²) in [7, 11) is 0. The largest absolute Gasteiger partial charge is 0.339 e. The van der Waals surface area contributed by atoms with Crippen LogP contribution >= 0.6 is 0 Å². The number of benzene rings is 1. The molecule has 4 nitrogen and oxygen atoms in total. The highest BCUT2D eigenvalue weighted by Crippen LogP contribution is 2.17. The van der Waals surface area contributed by atoms with Crippen LogP contribution in [-0.2, 0) is 6.42 Å². The molecule has 1 atom stereocenters. The number of hydrogen-bond acceptors (Lipinski definition) is 4. The molecule has 1 unspecified atom stereocenters. The molecule has 0 saturated heterocycles. The van der Waals surface area contributed by atoms with E-state index in [1.165, 1.54) is 11.1 Å². The van der Waals surface area contributed by atoms with Gasteiger partial charge in [0.1, 0.15) is 0 Å². The Hall–Kier alpha value is -1.68. The number of aromatic nitrogens is 2. The van der Waals surface area contributed by atoms with Gasteiger partial charge >= 0.3 is 0 Å². The van der Waals surface area contributed by atoms with E-state index < -0.39 is 0 Å². The van der Waals surface area contributed by atoms with Crippen molar-refractivity contribution in [3.63, 3.8) is 0 Å². The van der Waals surface area contributed by atoms with Gasteiger partial charge in [-0.25, -0.2) is 0 Å². The zero-order chi connectivity index (χ0) is 13.0. The molecule has 4 heteroatoms. The van der Waals surface area contributed by atoms with Gasteiger partial charge in [0, 0.05) is 13.0 Å². The van der Waals surface area contributed by atoms with Gasteiger partial charge in [0.25, 0.3) is 0 Å². The number of hydrogen-bond donors (Lipinski definition) is 1. The van der Waals surface area contributed by atoms with Crippen molar-refractivity contribution >= 4 is 0 Å². The minimum Gasteiger partial charge on any atom is -0.339 e. The Morgan fingerprint density at radius 3 is 2.61 bits per heavy atom. The van der Waals surface area contributed by atoms with Crippen molar-refractivity contribution in [1.29, 1.82) is 0 Å². The van der Waals surface area contributed by atoms with E-state index >= 15 is 0 Å². The summed E-state index contributed by atoms with van der Waals surface area (Å²) >= 11 is 0. The minimum atomic E-state index is 0.171. The monoisotopic (exact) mass is 245 g/mol. The molecule has 0 fully saturated rings. The molecule has 2 aromatic rings. The fourth-order valence-corrected chi connectivity index (χ4v) is 1.84. The molecule has 0 aliphatic heterocycles. The average molecular weight is 245 g/mol. The Balaban J connectivity index is 2.08. The van der Waals surface area contributed by atoms with Gasteiger partial charge in [-0.3, -0.25) is 0 Å². The van der Waals surface area contributed by atoms with Crippen molar-refractivity contribution in [2.45, 2.75) is 32.6 Å². The highest BCUT2D eigenvalue weighted by Gasteiger charge is 2.15. The molecule has 0 aliphatic rings. The highest BCUT2D eigenvalue weighted by molar-refractivity contribution is 5.23. The van der Waals surface area contributed by atoms with Crippen LogP contribution < -0.4 is 5.73 Å². The van der Waals surface area contributed by atoms with Crippen LogP contribution in [0.1, 0.15) is 42.1 Å². The van der Waals surface area contributed by atoms with Gasteiger partial charge in [-0.15, -0.1) is 0 Å². The molecular formula is C14H19N3O. The summed E-state index contributed by atoms with van der Waals surface area (Å²) < 4.78 is 5.26. The first-order valence-electron chi connectivity index (χ1n) is 6.31. The number of rotatable bonds is 5. The quantitative estimate of drug-likeness (QED) is 0.878. The number of nitrogens with zero attached hydrogens (tertiary/aromatic N) is 2. The van der Waals surface area contributed by atoms with Gasteiger partial charge < -0.3 is 10.3 Å². The summed E-state index contributed by atoms with van der Waals surface area (Å²) in [4.78, 5) is 4.41. The summed E-state index contributed by atoms with van der Waals surface area (Å²) in [6.45, 7) is 4.69. The van der Waals surface area contributed by atoms with Gasteiger partial charge in [-0.1, -0.05) is 41.9 Å². The molecule has 0 radical (unpaired) electrons. The molecule has 0 spiro atoms. The van der Waals surface area contributed by atoms with Gasteiger partial charge in [0.15, 0.2) is 5.82 Å².